The van der Waals surface area contributed by atoms with Crippen molar-refractivity contribution in [3.05, 3.63) is 116 Å². The van der Waals surface area contributed by atoms with Gasteiger partial charge in [0.15, 0.2) is 5.82 Å². The van der Waals surface area contributed by atoms with E-state index >= 15 is 0 Å². The van der Waals surface area contributed by atoms with Crippen molar-refractivity contribution in [2.75, 3.05) is 14.1 Å². The molecule has 0 fully saturated rings. The third-order valence-corrected chi connectivity index (χ3v) is 11.2. The molecule has 1 N–H and O–H groups in total. The van der Waals surface area contributed by atoms with Gasteiger partial charge < -0.3 is 14.8 Å². The van der Waals surface area contributed by atoms with Crippen molar-refractivity contribution < 1.29 is 19.1 Å². The van der Waals surface area contributed by atoms with Crippen molar-refractivity contribution in [3.8, 4) is 16.8 Å². The highest BCUT2D eigenvalue weighted by molar-refractivity contribution is 7.15. The molecule has 0 spiro atoms. The number of hydrogen-bond donors (Lipinski definition) is 1. The summed E-state index contributed by atoms with van der Waals surface area (Å²) in [6.45, 7) is 5.70. The number of carbonyl (C=O) groups excluding carboxylic acids is 3. The van der Waals surface area contributed by atoms with Crippen molar-refractivity contribution in [2.24, 2.45) is 0 Å². The zero-order valence-corrected chi connectivity index (χ0v) is 32.2. The summed E-state index contributed by atoms with van der Waals surface area (Å²) in [7, 11) is 3.45. The third kappa shape index (κ3) is 9.10. The van der Waals surface area contributed by atoms with Crippen LogP contribution < -0.4 is 5.32 Å². The molecule has 280 valence electrons. The maximum Gasteiger partial charge on any atom is 0.219 e. The molecule has 12 heteroatoms. The summed E-state index contributed by atoms with van der Waals surface area (Å²) in [6.07, 6.45) is 10.6. The Labute approximate surface area is 320 Å². The van der Waals surface area contributed by atoms with E-state index in [1.807, 2.05) is 61.1 Å². The molecule has 11 nitrogen and oxygen atoms in total. The van der Waals surface area contributed by atoms with Crippen molar-refractivity contribution in [1.82, 2.24) is 34.8 Å². The minimum atomic E-state index is -0.416. The van der Waals surface area contributed by atoms with Crippen molar-refractivity contribution in [3.63, 3.8) is 0 Å². The van der Waals surface area contributed by atoms with Crippen LogP contribution in [0.1, 0.15) is 105 Å². The Morgan fingerprint density at radius 1 is 1.09 bits per heavy atom. The molecular formula is C42H47N7O4S. The standard InChI is InChI=1S/C42H47N7O4S/c1-29-41-46-45-30(2)49(41)42-38(28-53-29)36(22-31-12-7-5-8-13-31)39(54-42)19-17-32-23-44-48(24-32)21-10-6-9-14-33-15-11-16-34(26-50)37(33)25-47(4)35(27-51)18-20-40(52)43-3/h5,7-8,11-13,15-16,23-24,26-27,29,35H,6,9-10,14,18,20-22,25,28H2,1-4H3,(H,43,52)/t29-,35?/m0/s1. The van der Waals surface area contributed by atoms with Gasteiger partial charge in [-0.2, -0.15) is 5.10 Å². The molecule has 1 aliphatic rings. The molecule has 0 saturated heterocycles. The first kappa shape index (κ1) is 38.5. The molecule has 6 rings (SSSR count). The maximum absolute atomic E-state index is 12.0. The molecule has 1 unspecified atom stereocenters. The second-order valence-electron chi connectivity index (χ2n) is 13.7. The second-order valence-corrected chi connectivity index (χ2v) is 14.7. The van der Waals surface area contributed by atoms with E-state index in [9.17, 15) is 14.4 Å². The lowest BCUT2D eigenvalue weighted by molar-refractivity contribution is -0.121. The first-order valence-corrected chi connectivity index (χ1v) is 19.3. The minimum absolute atomic E-state index is 0.100. The van der Waals surface area contributed by atoms with Crippen LogP contribution in [0, 0.1) is 18.8 Å². The van der Waals surface area contributed by atoms with Gasteiger partial charge in [0.25, 0.3) is 0 Å². The number of likely N-dealkylation sites (N-methyl/N-ethyl adjacent to an activating group) is 1. The molecule has 1 amide bonds. The van der Waals surface area contributed by atoms with E-state index in [-0.39, 0.29) is 18.4 Å². The quantitative estimate of drug-likeness (QED) is 0.0724. The Hall–Kier alpha value is -5.22. The van der Waals surface area contributed by atoms with E-state index in [1.54, 1.807) is 18.4 Å². The lowest BCUT2D eigenvalue weighted by atomic mass is 9.96. The van der Waals surface area contributed by atoms with Crippen molar-refractivity contribution >= 4 is 29.8 Å². The average Bonchev–Trinajstić information content (AvgIpc) is 3.87. The number of benzene rings is 2. The van der Waals surface area contributed by atoms with Gasteiger partial charge in [-0.3, -0.25) is 23.7 Å². The first-order valence-electron chi connectivity index (χ1n) is 18.5. The van der Waals surface area contributed by atoms with Gasteiger partial charge in [-0.05, 0) is 75.3 Å². The Morgan fingerprint density at radius 3 is 2.70 bits per heavy atom. The number of aromatic nitrogens is 5. The van der Waals surface area contributed by atoms with Crippen molar-refractivity contribution in [1.29, 1.82) is 0 Å². The predicted octanol–water partition coefficient (Wildman–Crippen LogP) is 6.17. The van der Waals surface area contributed by atoms with Crippen LogP contribution in [0.5, 0.6) is 0 Å². The molecule has 5 aromatic rings. The Morgan fingerprint density at radius 2 is 1.93 bits per heavy atom. The lowest BCUT2D eigenvalue weighted by Crippen LogP contribution is -2.34. The Kier molecular flexibility index (Phi) is 13.0. The van der Waals surface area contributed by atoms with Crippen LogP contribution in [0.3, 0.4) is 0 Å². The van der Waals surface area contributed by atoms with E-state index < -0.39 is 6.04 Å². The van der Waals surface area contributed by atoms with Gasteiger partial charge in [0.1, 0.15) is 29.5 Å². The molecule has 54 heavy (non-hydrogen) atoms. The molecular weight excluding hydrogens is 699 g/mol. The molecule has 0 bridgehead atoms. The molecule has 3 aromatic heterocycles. The van der Waals surface area contributed by atoms with Crippen LogP contribution >= 0.6 is 11.3 Å². The van der Waals surface area contributed by atoms with Crippen LogP contribution in [-0.4, -0.2) is 68.1 Å². The second kappa shape index (κ2) is 18.2. The summed E-state index contributed by atoms with van der Waals surface area (Å²) in [5.41, 5.74) is 7.06. The molecule has 1 aliphatic heterocycles. The van der Waals surface area contributed by atoms with E-state index in [1.165, 1.54) is 11.1 Å². The Balaban J connectivity index is 1.09. The molecule has 2 atom stereocenters. The number of fused-ring (bicyclic) bond motifs is 3. The molecule has 0 radical (unpaired) electrons. The highest BCUT2D eigenvalue weighted by Gasteiger charge is 2.29. The monoisotopic (exact) mass is 745 g/mol. The number of amides is 1. The summed E-state index contributed by atoms with van der Waals surface area (Å²) in [5, 5.41) is 17.1. The van der Waals surface area contributed by atoms with E-state index in [2.05, 4.69) is 67.4 Å². The molecule has 0 aliphatic carbocycles. The van der Waals surface area contributed by atoms with Crippen LogP contribution in [0.15, 0.2) is 60.9 Å². The van der Waals surface area contributed by atoms with Crippen LogP contribution in [0.4, 0.5) is 0 Å². The van der Waals surface area contributed by atoms with Gasteiger partial charge in [-0.1, -0.05) is 66.8 Å². The van der Waals surface area contributed by atoms with E-state index in [0.717, 1.165) is 95.0 Å². The third-order valence-electron chi connectivity index (χ3n) is 10.0. The number of hydrogen-bond acceptors (Lipinski definition) is 9. The van der Waals surface area contributed by atoms with Crippen molar-refractivity contribution in [2.45, 2.75) is 90.6 Å². The number of carbonyl (C=O) groups is 3. The number of nitrogens with zero attached hydrogens (tertiary/aromatic N) is 6. The number of ether oxygens (including phenoxy) is 1. The zero-order chi connectivity index (χ0) is 38.0. The fourth-order valence-electron chi connectivity index (χ4n) is 6.88. The highest BCUT2D eigenvalue weighted by Crippen LogP contribution is 2.39. The SMILES string of the molecule is CNC(=O)CCC(C=O)N(C)Cc1c(C=O)cccc1CCCCCn1cc(C#Cc2sc3c(c2Cc2ccccc2)CO[C@@H](C)c2nnc(C)n2-3)cn1. The van der Waals surface area contributed by atoms with Gasteiger partial charge in [-0.25, -0.2) is 0 Å². The fraction of sp³-hybridized carbons (Fsp3) is 0.381. The van der Waals surface area contributed by atoms with E-state index in [4.69, 9.17) is 4.74 Å². The van der Waals surface area contributed by atoms with Gasteiger partial charge in [0.2, 0.25) is 5.91 Å². The number of rotatable bonds is 16. The van der Waals surface area contributed by atoms with Gasteiger partial charge in [0.05, 0.1) is 29.3 Å². The molecule has 0 saturated carbocycles. The number of thiophene rings is 1. The topological polar surface area (TPSA) is 124 Å². The first-order chi connectivity index (χ1) is 26.3. The summed E-state index contributed by atoms with van der Waals surface area (Å²) in [4.78, 5) is 38.5. The number of unbranched alkanes of at least 4 members (excludes halogenated alkanes) is 2. The van der Waals surface area contributed by atoms with Gasteiger partial charge in [0, 0.05) is 43.9 Å². The summed E-state index contributed by atoms with van der Waals surface area (Å²) in [6, 6.07) is 15.8. The van der Waals surface area contributed by atoms with E-state index in [0.29, 0.717) is 25.1 Å². The molecule has 2 aromatic carbocycles. The maximum atomic E-state index is 12.0. The number of aldehydes is 2. The van der Waals surface area contributed by atoms with Crippen LogP contribution in [-0.2, 0) is 46.9 Å². The highest BCUT2D eigenvalue weighted by atomic mass is 32.1. The summed E-state index contributed by atoms with van der Waals surface area (Å²) in [5.74, 6) is 8.40. The predicted molar refractivity (Wildman–Crippen MR) is 209 cm³/mol. The largest absolute Gasteiger partial charge is 0.366 e. The Bertz CT molecular complexity index is 2140. The van der Waals surface area contributed by atoms with Gasteiger partial charge in [-0.15, -0.1) is 21.5 Å². The normalized spacial score (nSPS) is 14.1. The summed E-state index contributed by atoms with van der Waals surface area (Å²) < 4.78 is 10.3. The van der Waals surface area contributed by atoms with Crippen LogP contribution in [0.2, 0.25) is 0 Å². The smallest absolute Gasteiger partial charge is 0.219 e. The van der Waals surface area contributed by atoms with Crippen LogP contribution in [0.25, 0.3) is 5.00 Å². The lowest BCUT2D eigenvalue weighted by Gasteiger charge is -2.25. The zero-order valence-electron chi connectivity index (χ0n) is 31.4. The van der Waals surface area contributed by atoms with Gasteiger partial charge >= 0.3 is 0 Å². The summed E-state index contributed by atoms with van der Waals surface area (Å²) >= 11 is 1.66. The molecule has 4 heterocycles. The number of nitrogens with one attached hydrogen (secondary N) is 1. The minimum Gasteiger partial charge on any atom is -0.366 e. The fourth-order valence-corrected chi connectivity index (χ4v) is 8.12. The average molecular weight is 746 g/mol. The number of aryl methyl sites for hydroxylation is 3.